The minimum atomic E-state index is -4.41. The molecule has 3 rings (SSSR count). The third kappa shape index (κ3) is 3.52. The van der Waals surface area contributed by atoms with Gasteiger partial charge in [-0.25, -0.2) is 0 Å². The minimum absolute atomic E-state index is 0.00817. The van der Waals surface area contributed by atoms with Gasteiger partial charge in [0.25, 0.3) is 5.91 Å². The summed E-state index contributed by atoms with van der Waals surface area (Å²) in [7, 11) is 0. The highest BCUT2D eigenvalue weighted by Gasteiger charge is 2.45. The number of amides is 1. The second-order valence-electron chi connectivity index (χ2n) is 6.32. The molecule has 1 aliphatic heterocycles. The molecule has 0 spiro atoms. The van der Waals surface area contributed by atoms with E-state index in [0.717, 1.165) is 31.7 Å². The maximum Gasteiger partial charge on any atom is 0.416 e. The van der Waals surface area contributed by atoms with Crippen molar-refractivity contribution in [3.63, 3.8) is 0 Å². The number of carbonyl (C=O) groups excluding carboxylic acids is 1. The van der Waals surface area contributed by atoms with Crippen LogP contribution in [0.2, 0.25) is 0 Å². The van der Waals surface area contributed by atoms with Crippen LogP contribution in [0.4, 0.5) is 13.2 Å². The Morgan fingerprint density at radius 3 is 2.43 bits per heavy atom. The van der Waals surface area contributed by atoms with Gasteiger partial charge in [-0.15, -0.1) is 0 Å². The lowest BCUT2D eigenvalue weighted by molar-refractivity contribution is -0.141. The van der Waals surface area contributed by atoms with E-state index in [4.69, 9.17) is 4.74 Å². The van der Waals surface area contributed by atoms with Gasteiger partial charge in [0.15, 0.2) is 6.10 Å². The Hall–Kier alpha value is -1.56. The number of nitrogens with zero attached hydrogens (tertiary/aromatic N) is 1. The van der Waals surface area contributed by atoms with Crippen molar-refractivity contribution in [2.24, 2.45) is 0 Å². The first-order chi connectivity index (χ1) is 10.9. The van der Waals surface area contributed by atoms with Gasteiger partial charge in [-0.05, 0) is 31.4 Å². The summed E-state index contributed by atoms with van der Waals surface area (Å²) < 4.78 is 44.8. The Morgan fingerprint density at radius 1 is 1.26 bits per heavy atom. The minimum Gasteiger partial charge on any atom is -0.359 e. The van der Waals surface area contributed by atoms with Gasteiger partial charge in [0.05, 0.1) is 11.7 Å². The number of alkyl halides is 3. The average Bonchev–Trinajstić information content (AvgIpc) is 3.00. The van der Waals surface area contributed by atoms with Crippen molar-refractivity contribution in [1.82, 2.24) is 4.90 Å². The predicted octanol–water partition coefficient (Wildman–Crippen LogP) is 3.76. The molecule has 0 N–H and O–H groups in total. The van der Waals surface area contributed by atoms with E-state index in [1.54, 1.807) is 17.9 Å². The number of rotatable bonds is 4. The Kier molecular flexibility index (Phi) is 4.36. The first-order valence-electron chi connectivity index (χ1n) is 7.99. The van der Waals surface area contributed by atoms with Gasteiger partial charge in [0.1, 0.15) is 0 Å². The van der Waals surface area contributed by atoms with Crippen molar-refractivity contribution in [1.29, 1.82) is 0 Å². The van der Waals surface area contributed by atoms with E-state index in [-0.39, 0.29) is 30.2 Å². The molecule has 1 aromatic rings. The summed E-state index contributed by atoms with van der Waals surface area (Å²) in [5.41, 5.74) is -0.519. The second kappa shape index (κ2) is 6.15. The smallest absolute Gasteiger partial charge is 0.359 e. The largest absolute Gasteiger partial charge is 0.416 e. The first-order valence-corrected chi connectivity index (χ1v) is 7.99. The summed E-state index contributed by atoms with van der Waals surface area (Å²) in [5, 5.41) is 0. The third-order valence-electron chi connectivity index (χ3n) is 4.67. The van der Waals surface area contributed by atoms with Gasteiger partial charge < -0.3 is 9.64 Å². The summed E-state index contributed by atoms with van der Waals surface area (Å²) in [6, 6.07) is 5.50. The molecule has 2 fully saturated rings. The number of hydrogen-bond donors (Lipinski definition) is 0. The summed E-state index contributed by atoms with van der Waals surface area (Å²) in [6.07, 6.45) is -1.32. The number of epoxide rings is 1. The zero-order chi connectivity index (χ0) is 16.6. The van der Waals surface area contributed by atoms with E-state index in [1.165, 1.54) is 12.1 Å². The van der Waals surface area contributed by atoms with Crippen molar-refractivity contribution in [3.8, 4) is 0 Å². The molecule has 1 saturated carbocycles. The molecule has 0 unspecified atom stereocenters. The molecular weight excluding hydrogens is 307 g/mol. The van der Waals surface area contributed by atoms with Crippen LogP contribution in [0.3, 0.4) is 0 Å². The monoisotopic (exact) mass is 327 g/mol. The molecule has 1 aromatic carbocycles. The van der Waals surface area contributed by atoms with Gasteiger partial charge in [-0.2, -0.15) is 13.2 Å². The Labute approximate surface area is 133 Å². The van der Waals surface area contributed by atoms with Crippen LogP contribution in [-0.4, -0.2) is 29.1 Å². The molecule has 3 nitrogen and oxygen atoms in total. The lowest BCUT2D eigenvalue weighted by atomic mass is 10.0. The fourth-order valence-electron chi connectivity index (χ4n) is 3.33. The van der Waals surface area contributed by atoms with Crippen molar-refractivity contribution in [2.75, 3.05) is 0 Å². The molecule has 1 aliphatic carbocycles. The highest BCUT2D eigenvalue weighted by Crippen LogP contribution is 2.35. The zero-order valence-corrected chi connectivity index (χ0v) is 13.0. The molecule has 2 atom stereocenters. The van der Waals surface area contributed by atoms with Crippen LogP contribution in [0.1, 0.15) is 43.7 Å². The normalized spacial score (nSPS) is 24.7. The summed E-state index contributed by atoms with van der Waals surface area (Å²) in [5.74, 6) is -0.179. The molecule has 23 heavy (non-hydrogen) atoms. The maximum absolute atomic E-state index is 13.2. The maximum atomic E-state index is 13.2. The standard InChI is InChI=1S/C17H20F3NO2/c1-11-15(23-11)16(22)21(13-7-3-4-8-13)10-12-6-2-5-9-14(12)17(18,19)20/h2,5-6,9,11,13,15H,3-4,7-8,10H2,1H3/t11-,15+/m0/s1. The van der Waals surface area contributed by atoms with Gasteiger partial charge in [-0.3, -0.25) is 4.79 Å². The van der Waals surface area contributed by atoms with E-state index in [2.05, 4.69) is 0 Å². The number of halogens is 3. The number of carbonyl (C=O) groups is 1. The molecule has 0 radical (unpaired) electrons. The molecule has 6 heteroatoms. The van der Waals surface area contributed by atoms with Crippen LogP contribution < -0.4 is 0 Å². The third-order valence-corrected chi connectivity index (χ3v) is 4.67. The van der Waals surface area contributed by atoms with Gasteiger partial charge in [0.2, 0.25) is 0 Å². The second-order valence-corrected chi connectivity index (χ2v) is 6.32. The molecule has 1 saturated heterocycles. The van der Waals surface area contributed by atoms with Crippen molar-refractivity contribution in [3.05, 3.63) is 35.4 Å². The van der Waals surface area contributed by atoms with E-state index >= 15 is 0 Å². The molecule has 1 heterocycles. The van der Waals surface area contributed by atoms with Gasteiger partial charge >= 0.3 is 6.18 Å². The van der Waals surface area contributed by atoms with E-state index in [1.807, 2.05) is 0 Å². The summed E-state index contributed by atoms with van der Waals surface area (Å²) in [4.78, 5) is 14.2. The zero-order valence-electron chi connectivity index (χ0n) is 13.0. The van der Waals surface area contributed by atoms with E-state index < -0.39 is 17.8 Å². The van der Waals surface area contributed by atoms with Crippen LogP contribution >= 0.6 is 0 Å². The fraction of sp³-hybridized carbons (Fsp3) is 0.588. The van der Waals surface area contributed by atoms with Crippen LogP contribution in [0, 0.1) is 0 Å². The van der Waals surface area contributed by atoms with E-state index in [9.17, 15) is 18.0 Å². The van der Waals surface area contributed by atoms with Crippen molar-refractivity contribution in [2.45, 2.75) is 63.6 Å². The van der Waals surface area contributed by atoms with Gasteiger partial charge in [-0.1, -0.05) is 31.0 Å². The lowest BCUT2D eigenvalue weighted by Gasteiger charge is -2.29. The van der Waals surface area contributed by atoms with Crippen LogP contribution in [-0.2, 0) is 22.3 Å². The lowest BCUT2D eigenvalue weighted by Crippen LogP contribution is -2.41. The SMILES string of the molecule is C[C@@H]1O[C@H]1C(=O)N(Cc1ccccc1C(F)(F)F)C1CCCC1. The Bertz CT molecular complexity index is 581. The molecule has 126 valence electrons. The van der Waals surface area contributed by atoms with Crippen LogP contribution in [0.5, 0.6) is 0 Å². The quantitative estimate of drug-likeness (QED) is 0.789. The van der Waals surface area contributed by atoms with Crippen LogP contribution in [0.15, 0.2) is 24.3 Å². The molecule has 1 amide bonds. The van der Waals surface area contributed by atoms with Crippen LogP contribution in [0.25, 0.3) is 0 Å². The summed E-state index contributed by atoms with van der Waals surface area (Å²) >= 11 is 0. The van der Waals surface area contributed by atoms with Crippen molar-refractivity contribution < 1.29 is 22.7 Å². The first kappa shape index (κ1) is 16.3. The number of hydrogen-bond acceptors (Lipinski definition) is 2. The number of benzene rings is 1. The molecule has 0 bridgehead atoms. The molecular formula is C17H20F3NO2. The van der Waals surface area contributed by atoms with Gasteiger partial charge in [0, 0.05) is 12.6 Å². The Morgan fingerprint density at radius 2 is 1.87 bits per heavy atom. The fourth-order valence-corrected chi connectivity index (χ4v) is 3.33. The average molecular weight is 327 g/mol. The summed E-state index contributed by atoms with van der Waals surface area (Å²) in [6.45, 7) is 1.80. The topological polar surface area (TPSA) is 32.8 Å². The molecule has 0 aromatic heterocycles. The predicted molar refractivity (Wildman–Crippen MR) is 78.6 cm³/mol. The highest BCUT2D eigenvalue weighted by atomic mass is 19.4. The number of ether oxygens (including phenoxy) is 1. The van der Waals surface area contributed by atoms with E-state index in [0.29, 0.717) is 0 Å². The molecule has 2 aliphatic rings. The highest BCUT2D eigenvalue weighted by molar-refractivity contribution is 5.84. The Balaban J connectivity index is 1.85. The van der Waals surface area contributed by atoms with Crippen molar-refractivity contribution >= 4 is 5.91 Å².